The van der Waals surface area contributed by atoms with Crippen LogP contribution in [0.25, 0.3) is 0 Å². The van der Waals surface area contributed by atoms with Gasteiger partial charge in [-0.3, -0.25) is 0 Å². The molecule has 2 rings (SSSR count). The Kier molecular flexibility index (Phi) is 6.75. The van der Waals surface area contributed by atoms with Gasteiger partial charge in [-0.15, -0.1) is 0 Å². The molecule has 1 aliphatic carbocycles. The Morgan fingerprint density at radius 2 is 1.78 bits per heavy atom. The van der Waals surface area contributed by atoms with Crippen LogP contribution in [0.2, 0.25) is 0 Å². The van der Waals surface area contributed by atoms with E-state index < -0.39 is 0 Å². The van der Waals surface area contributed by atoms with Gasteiger partial charge in [0.25, 0.3) is 0 Å². The summed E-state index contributed by atoms with van der Waals surface area (Å²) in [6.07, 6.45) is 19.3. The van der Waals surface area contributed by atoms with Crippen molar-refractivity contribution >= 4 is 5.71 Å². The standard InChI is InChI=1S/C21H28N.CH4/c1-6-20-17(2)21(4,5)18(3)22(20)16-12-15-19-13-10-8-7-9-11-14-19;/h6-11,13-14H,2,12,15-16H2,1,3-5H3;1H4/q+1;/b8-7-,9-7?,10-8?,11-9-,13-10-,14-11?,19-13?,19-14+,20-6+;. The van der Waals surface area contributed by atoms with Crippen LogP contribution in [-0.2, 0) is 0 Å². The van der Waals surface area contributed by atoms with E-state index in [1.807, 2.05) is 0 Å². The van der Waals surface area contributed by atoms with Gasteiger partial charge in [0, 0.05) is 18.9 Å². The molecule has 124 valence electrons. The summed E-state index contributed by atoms with van der Waals surface area (Å²) in [7, 11) is 0. The maximum Gasteiger partial charge on any atom is 0.204 e. The van der Waals surface area contributed by atoms with Crippen LogP contribution >= 0.6 is 0 Å². The Hall–Kier alpha value is -1.89. The average Bonchev–Trinajstić information content (AvgIpc) is 2.62. The second-order valence-electron chi connectivity index (χ2n) is 6.49. The van der Waals surface area contributed by atoms with E-state index in [4.69, 9.17) is 0 Å². The molecule has 1 heteroatoms. The molecule has 0 aromatic rings. The molecule has 0 N–H and O–H groups in total. The molecule has 0 atom stereocenters. The lowest BCUT2D eigenvalue weighted by Crippen LogP contribution is -2.22. The molecule has 2 aliphatic rings. The Balaban J connectivity index is 0.00000264. The number of hydrogen-bond donors (Lipinski definition) is 0. The van der Waals surface area contributed by atoms with Crippen LogP contribution in [-0.4, -0.2) is 16.8 Å². The van der Waals surface area contributed by atoms with Gasteiger partial charge in [-0.2, -0.15) is 4.58 Å². The van der Waals surface area contributed by atoms with Crippen LogP contribution in [0, 0.1) is 5.41 Å². The van der Waals surface area contributed by atoms with Crippen molar-refractivity contribution in [2.24, 2.45) is 5.41 Å². The van der Waals surface area contributed by atoms with E-state index in [1.54, 1.807) is 0 Å². The van der Waals surface area contributed by atoms with Crippen molar-refractivity contribution in [2.45, 2.75) is 48.0 Å². The highest BCUT2D eigenvalue weighted by Crippen LogP contribution is 2.38. The molecule has 0 aromatic carbocycles. The Labute approximate surface area is 142 Å². The maximum absolute atomic E-state index is 4.31. The lowest BCUT2D eigenvalue weighted by molar-refractivity contribution is -0.470. The lowest BCUT2D eigenvalue weighted by atomic mass is 9.82. The molecular formula is C22H32N+. The molecule has 0 unspecified atom stereocenters. The van der Waals surface area contributed by atoms with E-state index >= 15 is 0 Å². The molecule has 0 fully saturated rings. The summed E-state index contributed by atoms with van der Waals surface area (Å²) < 4.78 is 2.45. The summed E-state index contributed by atoms with van der Waals surface area (Å²) in [4.78, 5) is 0. The van der Waals surface area contributed by atoms with Crippen molar-refractivity contribution in [3.8, 4) is 0 Å². The maximum atomic E-state index is 4.31. The molecule has 0 amide bonds. The molecule has 1 heterocycles. The minimum atomic E-state index is 0. The average molecular weight is 311 g/mol. The molecule has 0 bridgehead atoms. The molecule has 0 spiro atoms. The third kappa shape index (κ3) is 4.10. The first-order valence-corrected chi connectivity index (χ1v) is 8.16. The minimum Gasteiger partial charge on any atom is -0.199 e. The van der Waals surface area contributed by atoms with Gasteiger partial charge in [0.2, 0.25) is 5.70 Å². The Morgan fingerprint density at radius 1 is 1.13 bits per heavy atom. The van der Waals surface area contributed by atoms with Gasteiger partial charge in [-0.05, 0) is 38.8 Å². The fraction of sp³-hybridized carbons (Fsp3) is 0.409. The zero-order valence-electron chi connectivity index (χ0n) is 14.4. The van der Waals surface area contributed by atoms with Crippen LogP contribution in [0.15, 0.2) is 72.0 Å². The molecule has 23 heavy (non-hydrogen) atoms. The van der Waals surface area contributed by atoms with Crippen molar-refractivity contribution in [2.75, 3.05) is 6.54 Å². The van der Waals surface area contributed by atoms with E-state index in [0.717, 1.165) is 19.4 Å². The zero-order valence-corrected chi connectivity index (χ0v) is 14.4. The molecular weight excluding hydrogens is 278 g/mol. The van der Waals surface area contributed by atoms with E-state index in [9.17, 15) is 0 Å². The fourth-order valence-electron chi connectivity index (χ4n) is 3.05. The highest BCUT2D eigenvalue weighted by atomic mass is 15.1. The highest BCUT2D eigenvalue weighted by molar-refractivity contribution is 5.89. The van der Waals surface area contributed by atoms with Gasteiger partial charge in [-0.1, -0.05) is 56.5 Å². The molecule has 1 nitrogen and oxygen atoms in total. The summed E-state index contributed by atoms with van der Waals surface area (Å²) in [5, 5.41) is 0. The summed E-state index contributed by atoms with van der Waals surface area (Å²) in [5.74, 6) is 0. The first kappa shape index (κ1) is 19.2. The van der Waals surface area contributed by atoms with Crippen molar-refractivity contribution in [1.82, 2.24) is 0 Å². The molecule has 0 aromatic heterocycles. The van der Waals surface area contributed by atoms with Crippen LogP contribution in [0.5, 0.6) is 0 Å². The Bertz CT molecular complexity index is 631. The topological polar surface area (TPSA) is 3.01 Å². The van der Waals surface area contributed by atoms with Crippen LogP contribution in [0.1, 0.15) is 48.0 Å². The quantitative estimate of drug-likeness (QED) is 0.561. The van der Waals surface area contributed by atoms with Crippen LogP contribution in [0.4, 0.5) is 0 Å². The van der Waals surface area contributed by atoms with Gasteiger partial charge >= 0.3 is 0 Å². The van der Waals surface area contributed by atoms with Crippen LogP contribution in [0.3, 0.4) is 0 Å². The second-order valence-corrected chi connectivity index (χ2v) is 6.49. The first-order valence-electron chi connectivity index (χ1n) is 8.16. The SMILES string of the molecule is C.C=C1/C(=C\C)[N+](CCCC2=C/C=C\C=C/C=C\2)=C(C)C1(C)C. The van der Waals surface area contributed by atoms with Crippen molar-refractivity contribution in [3.63, 3.8) is 0 Å². The van der Waals surface area contributed by atoms with E-state index in [1.165, 1.54) is 22.6 Å². The lowest BCUT2D eigenvalue weighted by Gasteiger charge is -2.13. The molecule has 0 saturated carbocycles. The predicted octanol–water partition coefficient (Wildman–Crippen LogP) is 5.98. The summed E-state index contributed by atoms with van der Waals surface area (Å²) >= 11 is 0. The van der Waals surface area contributed by atoms with E-state index in [2.05, 4.69) is 87.5 Å². The number of allylic oxidation sites excluding steroid dienone is 10. The van der Waals surface area contributed by atoms with Gasteiger partial charge in [0.15, 0.2) is 5.71 Å². The van der Waals surface area contributed by atoms with Gasteiger partial charge in [0.1, 0.15) is 6.54 Å². The predicted molar refractivity (Wildman–Crippen MR) is 104 cm³/mol. The van der Waals surface area contributed by atoms with E-state index in [-0.39, 0.29) is 12.8 Å². The van der Waals surface area contributed by atoms with Gasteiger partial charge in [-0.25, -0.2) is 0 Å². The molecule has 0 radical (unpaired) electrons. The normalized spacial score (nSPS) is 27.7. The second kappa shape index (κ2) is 8.10. The van der Waals surface area contributed by atoms with Gasteiger partial charge in [0.05, 0.1) is 5.41 Å². The zero-order chi connectivity index (χ0) is 16.2. The minimum absolute atomic E-state index is 0. The number of hydrogen-bond acceptors (Lipinski definition) is 0. The summed E-state index contributed by atoms with van der Waals surface area (Å²) in [6.45, 7) is 14.3. The first-order chi connectivity index (χ1) is 10.5. The summed E-state index contributed by atoms with van der Waals surface area (Å²) in [5.41, 5.74) is 5.42. The largest absolute Gasteiger partial charge is 0.204 e. The highest BCUT2D eigenvalue weighted by Gasteiger charge is 2.43. The number of nitrogens with zero attached hydrogens (tertiary/aromatic N) is 1. The van der Waals surface area contributed by atoms with Crippen molar-refractivity contribution in [3.05, 3.63) is 72.0 Å². The Morgan fingerprint density at radius 3 is 2.48 bits per heavy atom. The fourth-order valence-corrected chi connectivity index (χ4v) is 3.05. The van der Waals surface area contributed by atoms with Crippen LogP contribution < -0.4 is 0 Å². The van der Waals surface area contributed by atoms with Crippen molar-refractivity contribution < 1.29 is 4.58 Å². The van der Waals surface area contributed by atoms with Crippen molar-refractivity contribution in [1.29, 1.82) is 0 Å². The monoisotopic (exact) mass is 310 g/mol. The molecule has 0 saturated heterocycles. The number of rotatable bonds is 4. The smallest absolute Gasteiger partial charge is 0.199 e. The summed E-state index contributed by atoms with van der Waals surface area (Å²) in [6, 6.07) is 0. The molecule has 1 aliphatic heterocycles. The third-order valence-corrected chi connectivity index (χ3v) is 4.85. The third-order valence-electron chi connectivity index (χ3n) is 4.85. The van der Waals surface area contributed by atoms with E-state index in [0.29, 0.717) is 0 Å². The van der Waals surface area contributed by atoms with Gasteiger partial charge < -0.3 is 0 Å².